The molecule has 1 aliphatic rings. The number of ether oxygens (including phenoxy) is 1. The van der Waals surface area contributed by atoms with Gasteiger partial charge in [-0.15, -0.1) is 0 Å². The first-order chi connectivity index (χ1) is 15.4. The molecule has 1 atom stereocenters. The highest BCUT2D eigenvalue weighted by Gasteiger charge is 2.31. The number of aryl methyl sites for hydroxylation is 1. The Hall–Kier alpha value is -3.13. The number of nitrogens with zero attached hydrogens (tertiary/aromatic N) is 5. The maximum Gasteiger partial charge on any atom is 0.409 e. The van der Waals surface area contributed by atoms with Gasteiger partial charge in [-0.2, -0.15) is 5.10 Å². The third kappa shape index (κ3) is 4.27. The highest BCUT2D eigenvalue weighted by molar-refractivity contribution is 6.35. The van der Waals surface area contributed by atoms with Crippen LogP contribution < -0.4 is 0 Å². The van der Waals surface area contributed by atoms with Crippen molar-refractivity contribution in [3.05, 3.63) is 47.1 Å². The largest absolute Gasteiger partial charge is 0.449 e. The van der Waals surface area contributed by atoms with Crippen molar-refractivity contribution in [3.8, 4) is 11.4 Å². The van der Waals surface area contributed by atoms with E-state index in [9.17, 15) is 9.59 Å². The van der Waals surface area contributed by atoms with Crippen molar-refractivity contribution >= 4 is 34.5 Å². The van der Waals surface area contributed by atoms with E-state index in [0.717, 1.165) is 17.5 Å². The molecule has 8 nitrogen and oxygen atoms in total. The molecule has 4 rings (SSSR count). The number of benzene rings is 1. The molecule has 0 radical (unpaired) electrons. The summed E-state index contributed by atoms with van der Waals surface area (Å²) in [5.74, 6) is -0.0927. The van der Waals surface area contributed by atoms with Gasteiger partial charge in [0.15, 0.2) is 0 Å². The zero-order valence-electron chi connectivity index (χ0n) is 18.4. The smallest absolute Gasteiger partial charge is 0.409 e. The average molecular weight is 456 g/mol. The molecule has 1 aromatic carbocycles. The molecule has 1 unspecified atom stereocenters. The van der Waals surface area contributed by atoms with E-state index in [4.69, 9.17) is 21.3 Å². The summed E-state index contributed by atoms with van der Waals surface area (Å²) < 4.78 is 6.95. The Morgan fingerprint density at radius 3 is 2.72 bits per heavy atom. The molecule has 3 heterocycles. The van der Waals surface area contributed by atoms with Crippen molar-refractivity contribution in [2.75, 3.05) is 26.2 Å². The molecule has 1 saturated heterocycles. The number of pyridine rings is 1. The Kier molecular flexibility index (Phi) is 6.32. The lowest BCUT2D eigenvalue weighted by Gasteiger charge is -2.39. The number of rotatable bonds is 4. The summed E-state index contributed by atoms with van der Waals surface area (Å²) in [6.45, 7) is 5.63. The number of halogens is 1. The Bertz CT molecular complexity index is 1160. The zero-order valence-corrected chi connectivity index (χ0v) is 19.2. The summed E-state index contributed by atoms with van der Waals surface area (Å²) in [5.41, 5.74) is 2.72. The van der Waals surface area contributed by atoms with E-state index in [2.05, 4.69) is 5.10 Å². The lowest BCUT2D eigenvalue weighted by molar-refractivity contribution is 0.0414. The van der Waals surface area contributed by atoms with Crippen molar-refractivity contribution in [2.24, 2.45) is 7.05 Å². The van der Waals surface area contributed by atoms with Crippen LogP contribution in [0.5, 0.6) is 0 Å². The zero-order chi connectivity index (χ0) is 22.8. The molecule has 32 heavy (non-hydrogen) atoms. The molecule has 0 bridgehead atoms. The number of carbonyl (C=O) groups is 2. The van der Waals surface area contributed by atoms with Crippen molar-refractivity contribution in [2.45, 2.75) is 26.3 Å². The molecule has 0 aliphatic carbocycles. The van der Waals surface area contributed by atoms with Crippen molar-refractivity contribution in [1.29, 1.82) is 0 Å². The molecule has 1 aliphatic heterocycles. The Labute approximate surface area is 191 Å². The van der Waals surface area contributed by atoms with Gasteiger partial charge >= 0.3 is 6.09 Å². The third-order valence-electron chi connectivity index (χ3n) is 5.67. The fourth-order valence-corrected chi connectivity index (χ4v) is 4.21. The summed E-state index contributed by atoms with van der Waals surface area (Å²) in [4.78, 5) is 33.6. The summed E-state index contributed by atoms with van der Waals surface area (Å²) >= 11 is 6.50. The van der Waals surface area contributed by atoms with Gasteiger partial charge in [-0.05, 0) is 37.6 Å². The predicted octanol–water partition coefficient (Wildman–Crippen LogP) is 3.98. The molecule has 0 N–H and O–H groups in total. The second-order valence-electron chi connectivity index (χ2n) is 7.97. The van der Waals surface area contributed by atoms with Crippen LogP contribution >= 0.6 is 11.6 Å². The van der Waals surface area contributed by atoms with Gasteiger partial charge in [0.25, 0.3) is 5.91 Å². The Morgan fingerprint density at radius 2 is 2.03 bits per heavy atom. The topological polar surface area (TPSA) is 80.6 Å². The van der Waals surface area contributed by atoms with Gasteiger partial charge in [-0.25, -0.2) is 9.78 Å². The molecular formula is C23H26ClN5O3. The van der Waals surface area contributed by atoms with Crippen LogP contribution in [-0.4, -0.2) is 68.8 Å². The minimum atomic E-state index is -0.321. The summed E-state index contributed by atoms with van der Waals surface area (Å²) in [6, 6.07) is 8.93. The monoisotopic (exact) mass is 455 g/mol. The molecule has 168 valence electrons. The van der Waals surface area contributed by atoms with Gasteiger partial charge < -0.3 is 14.5 Å². The predicted molar refractivity (Wildman–Crippen MR) is 123 cm³/mol. The summed E-state index contributed by atoms with van der Waals surface area (Å²) in [5, 5.41) is 5.54. The molecule has 0 spiro atoms. The SMILES string of the molecule is CCCOC(=O)N1CCN(C(=O)c2ccc3c(Cl)cc(-c4ccnn4C)nc3c2)C(C)C1. The number of aromatic nitrogens is 3. The van der Waals surface area contributed by atoms with E-state index in [1.54, 1.807) is 38.9 Å². The lowest BCUT2D eigenvalue weighted by Crippen LogP contribution is -2.55. The first-order valence-corrected chi connectivity index (χ1v) is 11.1. The Balaban J connectivity index is 1.56. The molecule has 3 aromatic rings. The van der Waals surface area contributed by atoms with Gasteiger partial charge in [0.2, 0.25) is 0 Å². The lowest BCUT2D eigenvalue weighted by atomic mass is 10.1. The van der Waals surface area contributed by atoms with Crippen molar-refractivity contribution < 1.29 is 14.3 Å². The summed E-state index contributed by atoms with van der Waals surface area (Å²) in [7, 11) is 1.84. The number of fused-ring (bicyclic) bond motifs is 1. The number of carbonyl (C=O) groups excluding carboxylic acids is 2. The van der Waals surface area contributed by atoms with Gasteiger partial charge in [-0.3, -0.25) is 9.48 Å². The maximum absolute atomic E-state index is 13.3. The van der Waals surface area contributed by atoms with Gasteiger partial charge in [0, 0.05) is 49.9 Å². The van der Waals surface area contributed by atoms with Crippen molar-refractivity contribution in [3.63, 3.8) is 0 Å². The first-order valence-electron chi connectivity index (χ1n) is 10.7. The van der Waals surface area contributed by atoms with Gasteiger partial charge in [-0.1, -0.05) is 24.6 Å². The quantitative estimate of drug-likeness (QED) is 0.594. The van der Waals surface area contributed by atoms with Crippen LogP contribution in [0.2, 0.25) is 5.02 Å². The molecule has 2 aromatic heterocycles. The fraction of sp³-hybridized carbons (Fsp3) is 0.391. The second-order valence-corrected chi connectivity index (χ2v) is 8.38. The third-order valence-corrected chi connectivity index (χ3v) is 5.98. The van der Waals surface area contributed by atoms with E-state index in [-0.39, 0.29) is 18.0 Å². The minimum absolute atomic E-state index is 0.0927. The number of hydrogen-bond acceptors (Lipinski definition) is 5. The number of piperazine rings is 1. The maximum atomic E-state index is 13.3. The Morgan fingerprint density at radius 1 is 1.22 bits per heavy atom. The molecule has 9 heteroatoms. The molecule has 1 fully saturated rings. The summed E-state index contributed by atoms with van der Waals surface area (Å²) in [6.07, 6.45) is 2.16. The standard InChI is InChI=1S/C23H26ClN5O3/c1-4-11-32-23(31)28-9-10-29(15(2)14-28)22(30)16-5-6-17-18(24)13-20(26-19(17)12-16)21-7-8-25-27(21)3/h5-8,12-13,15H,4,9-11,14H2,1-3H3. The minimum Gasteiger partial charge on any atom is -0.449 e. The van der Waals surface area contributed by atoms with E-state index in [0.29, 0.717) is 48.0 Å². The van der Waals surface area contributed by atoms with Crippen molar-refractivity contribution in [1.82, 2.24) is 24.6 Å². The van der Waals surface area contributed by atoms with E-state index < -0.39 is 0 Å². The highest BCUT2D eigenvalue weighted by Crippen LogP contribution is 2.29. The van der Waals surface area contributed by atoms with Gasteiger partial charge in [0.05, 0.1) is 28.5 Å². The van der Waals surface area contributed by atoms with Crippen LogP contribution in [-0.2, 0) is 11.8 Å². The molecule has 0 saturated carbocycles. The number of hydrogen-bond donors (Lipinski definition) is 0. The van der Waals surface area contributed by atoms with Crippen LogP contribution in [0.3, 0.4) is 0 Å². The normalized spacial score (nSPS) is 16.4. The number of amides is 2. The van der Waals surface area contributed by atoms with Crippen LogP contribution in [0.4, 0.5) is 4.79 Å². The molecular weight excluding hydrogens is 430 g/mol. The van der Waals surface area contributed by atoms with Crippen LogP contribution in [0.1, 0.15) is 30.6 Å². The van der Waals surface area contributed by atoms with Gasteiger partial charge in [0.1, 0.15) is 0 Å². The van der Waals surface area contributed by atoms with Crippen LogP contribution in [0.25, 0.3) is 22.3 Å². The van der Waals surface area contributed by atoms with E-state index >= 15 is 0 Å². The fourth-order valence-electron chi connectivity index (χ4n) is 3.95. The van der Waals surface area contributed by atoms with Crippen LogP contribution in [0.15, 0.2) is 36.5 Å². The van der Waals surface area contributed by atoms with Crippen LogP contribution in [0, 0.1) is 0 Å². The van der Waals surface area contributed by atoms with E-state index in [1.807, 2.05) is 33.0 Å². The second kappa shape index (κ2) is 9.16. The van der Waals surface area contributed by atoms with E-state index in [1.165, 1.54) is 0 Å². The highest BCUT2D eigenvalue weighted by atomic mass is 35.5. The average Bonchev–Trinajstić information content (AvgIpc) is 3.22. The molecule has 2 amide bonds. The first kappa shape index (κ1) is 22.1.